The molecule has 0 fully saturated rings. The summed E-state index contributed by atoms with van der Waals surface area (Å²) < 4.78 is 16.1. The molecule has 2 N–H and O–H groups in total. The fraction of sp³-hybridized carbons (Fsp3) is 0.391. The van der Waals surface area contributed by atoms with Gasteiger partial charge in [-0.15, -0.1) is 0 Å². The molecule has 0 aliphatic rings. The van der Waals surface area contributed by atoms with Gasteiger partial charge >= 0.3 is 0 Å². The number of hydrogen-bond acceptors (Lipinski definition) is 5. The first-order valence-corrected chi connectivity index (χ1v) is 9.96. The van der Waals surface area contributed by atoms with Crippen LogP contribution in [-0.4, -0.2) is 32.6 Å². The zero-order valence-corrected chi connectivity index (χ0v) is 18.0. The number of benzene rings is 2. The monoisotopic (exact) mass is 414 g/mol. The molecule has 0 saturated heterocycles. The molecular weight excluding hydrogens is 384 g/mol. The van der Waals surface area contributed by atoms with Gasteiger partial charge in [-0.2, -0.15) is 0 Å². The molecule has 2 aromatic carbocycles. The Morgan fingerprint density at radius 2 is 1.63 bits per heavy atom. The second kappa shape index (κ2) is 11.7. The van der Waals surface area contributed by atoms with E-state index in [0.717, 1.165) is 12.0 Å². The van der Waals surface area contributed by atoms with Crippen LogP contribution in [0.3, 0.4) is 0 Å². The molecule has 30 heavy (non-hydrogen) atoms. The zero-order chi connectivity index (χ0) is 21.9. The first-order valence-electron chi connectivity index (χ1n) is 9.96. The number of aryl methyl sites for hydroxylation is 1. The van der Waals surface area contributed by atoms with Gasteiger partial charge in [0, 0.05) is 12.0 Å². The lowest BCUT2D eigenvalue weighted by molar-refractivity contribution is -0.121. The van der Waals surface area contributed by atoms with Gasteiger partial charge in [0.2, 0.25) is 5.91 Å². The second-order valence-corrected chi connectivity index (χ2v) is 7.25. The fourth-order valence-corrected chi connectivity index (χ4v) is 2.67. The third-order valence-corrected chi connectivity index (χ3v) is 4.48. The van der Waals surface area contributed by atoms with Gasteiger partial charge in [0.1, 0.15) is 5.75 Å². The molecule has 2 amide bonds. The van der Waals surface area contributed by atoms with E-state index in [2.05, 4.69) is 24.7 Å². The summed E-state index contributed by atoms with van der Waals surface area (Å²) >= 11 is 0. The Morgan fingerprint density at radius 3 is 2.27 bits per heavy atom. The summed E-state index contributed by atoms with van der Waals surface area (Å²) in [6, 6.07) is 12.3. The maximum Gasteiger partial charge on any atom is 0.269 e. The number of hydrogen-bond donors (Lipinski definition) is 2. The lowest BCUT2D eigenvalue weighted by Crippen LogP contribution is -2.41. The smallest absolute Gasteiger partial charge is 0.269 e. The lowest BCUT2D eigenvalue weighted by atomic mass is 10.1. The van der Waals surface area contributed by atoms with Crippen LogP contribution >= 0.6 is 0 Å². The standard InChI is InChI=1S/C23H30N2O5/c1-16(2)13-14-30-19-9-7-18(8-10-19)23(27)25-24-22(26)12-6-17-5-11-20(28-3)21(15-17)29-4/h5,7-11,15-16H,6,12-14H2,1-4H3,(H,24,26)(H,25,27). The van der Waals surface area contributed by atoms with E-state index >= 15 is 0 Å². The summed E-state index contributed by atoms with van der Waals surface area (Å²) in [7, 11) is 3.13. The Morgan fingerprint density at radius 1 is 0.933 bits per heavy atom. The van der Waals surface area contributed by atoms with Crippen molar-refractivity contribution >= 4 is 11.8 Å². The van der Waals surface area contributed by atoms with Gasteiger partial charge in [0.25, 0.3) is 5.91 Å². The molecule has 162 valence electrons. The van der Waals surface area contributed by atoms with E-state index in [4.69, 9.17) is 14.2 Å². The fourth-order valence-electron chi connectivity index (χ4n) is 2.67. The number of amides is 2. The van der Waals surface area contributed by atoms with Gasteiger partial charge in [-0.3, -0.25) is 20.4 Å². The summed E-state index contributed by atoms with van der Waals surface area (Å²) in [6.07, 6.45) is 1.69. The number of rotatable bonds is 10. The van der Waals surface area contributed by atoms with Crippen LogP contribution < -0.4 is 25.1 Å². The third-order valence-electron chi connectivity index (χ3n) is 4.48. The maximum atomic E-state index is 12.2. The molecule has 0 heterocycles. The number of carbonyl (C=O) groups excluding carboxylic acids is 2. The van der Waals surface area contributed by atoms with Crippen LogP contribution in [0.15, 0.2) is 42.5 Å². The maximum absolute atomic E-state index is 12.2. The largest absolute Gasteiger partial charge is 0.494 e. The number of nitrogens with one attached hydrogen (secondary N) is 2. The van der Waals surface area contributed by atoms with Crippen molar-refractivity contribution in [2.45, 2.75) is 33.1 Å². The first kappa shape index (κ1) is 23.1. The average molecular weight is 415 g/mol. The summed E-state index contributed by atoms with van der Waals surface area (Å²) in [5, 5.41) is 0. The number of methoxy groups -OCH3 is 2. The minimum Gasteiger partial charge on any atom is -0.494 e. The highest BCUT2D eigenvalue weighted by molar-refractivity contribution is 5.95. The third kappa shape index (κ3) is 7.31. The molecule has 0 unspecified atom stereocenters. The zero-order valence-electron chi connectivity index (χ0n) is 18.0. The average Bonchev–Trinajstić information content (AvgIpc) is 2.76. The van der Waals surface area contributed by atoms with Crippen LogP contribution in [0.2, 0.25) is 0 Å². The lowest BCUT2D eigenvalue weighted by Gasteiger charge is -2.11. The Balaban J connectivity index is 1.77. The summed E-state index contributed by atoms with van der Waals surface area (Å²) in [4.78, 5) is 24.3. The highest BCUT2D eigenvalue weighted by atomic mass is 16.5. The molecule has 0 saturated carbocycles. The summed E-state index contributed by atoms with van der Waals surface area (Å²) in [6.45, 7) is 4.91. The van der Waals surface area contributed by atoms with E-state index in [9.17, 15) is 9.59 Å². The molecule has 0 spiro atoms. The first-order chi connectivity index (χ1) is 14.4. The second-order valence-electron chi connectivity index (χ2n) is 7.25. The van der Waals surface area contributed by atoms with E-state index < -0.39 is 0 Å². The van der Waals surface area contributed by atoms with Gasteiger partial charge in [-0.05, 0) is 60.7 Å². The number of hydrazine groups is 1. The van der Waals surface area contributed by atoms with E-state index in [1.165, 1.54) is 0 Å². The normalized spacial score (nSPS) is 10.4. The Bertz CT molecular complexity index is 834. The Kier molecular flexibility index (Phi) is 9.00. The minimum atomic E-state index is -0.386. The summed E-state index contributed by atoms with van der Waals surface area (Å²) in [5.41, 5.74) is 6.24. The quantitative estimate of drug-likeness (QED) is 0.581. The SMILES string of the molecule is COc1ccc(CCC(=O)NNC(=O)c2ccc(OCCC(C)C)cc2)cc1OC. The van der Waals surface area contributed by atoms with Crippen LogP contribution in [0.4, 0.5) is 0 Å². The molecule has 0 bridgehead atoms. The van der Waals surface area contributed by atoms with Gasteiger partial charge in [-0.1, -0.05) is 19.9 Å². The van der Waals surface area contributed by atoms with E-state index in [0.29, 0.717) is 41.8 Å². The van der Waals surface area contributed by atoms with Crippen LogP contribution in [0.25, 0.3) is 0 Å². The van der Waals surface area contributed by atoms with E-state index in [1.807, 2.05) is 12.1 Å². The van der Waals surface area contributed by atoms with Gasteiger partial charge < -0.3 is 14.2 Å². The molecule has 0 aromatic heterocycles. The Hall–Kier alpha value is -3.22. The highest BCUT2D eigenvalue weighted by Crippen LogP contribution is 2.27. The molecule has 0 aliphatic carbocycles. The van der Waals surface area contributed by atoms with Crippen molar-refractivity contribution in [3.8, 4) is 17.2 Å². The van der Waals surface area contributed by atoms with Crippen molar-refractivity contribution in [3.63, 3.8) is 0 Å². The van der Waals surface area contributed by atoms with E-state index in [1.54, 1.807) is 44.6 Å². The molecule has 0 atom stereocenters. The molecule has 7 nitrogen and oxygen atoms in total. The number of ether oxygens (including phenoxy) is 3. The molecule has 2 aromatic rings. The summed E-state index contributed by atoms with van der Waals surface area (Å²) in [5.74, 6) is 1.86. The van der Waals surface area contributed by atoms with Crippen molar-refractivity contribution in [2.24, 2.45) is 5.92 Å². The van der Waals surface area contributed by atoms with Crippen LogP contribution in [0.5, 0.6) is 17.2 Å². The Labute approximate surface area is 177 Å². The van der Waals surface area contributed by atoms with E-state index in [-0.39, 0.29) is 18.2 Å². The molecular formula is C23H30N2O5. The topological polar surface area (TPSA) is 85.9 Å². The van der Waals surface area contributed by atoms with Crippen LogP contribution in [-0.2, 0) is 11.2 Å². The predicted molar refractivity (Wildman–Crippen MR) is 115 cm³/mol. The van der Waals surface area contributed by atoms with Crippen molar-refractivity contribution < 1.29 is 23.8 Å². The minimum absolute atomic E-state index is 0.221. The van der Waals surface area contributed by atoms with Gasteiger partial charge in [0.15, 0.2) is 11.5 Å². The van der Waals surface area contributed by atoms with Crippen molar-refractivity contribution in [3.05, 3.63) is 53.6 Å². The number of carbonyl (C=O) groups is 2. The molecule has 7 heteroatoms. The molecule has 0 radical (unpaired) electrons. The van der Waals surface area contributed by atoms with Crippen molar-refractivity contribution in [2.75, 3.05) is 20.8 Å². The van der Waals surface area contributed by atoms with Crippen LogP contribution in [0, 0.1) is 5.92 Å². The van der Waals surface area contributed by atoms with Crippen molar-refractivity contribution in [1.82, 2.24) is 10.9 Å². The van der Waals surface area contributed by atoms with Crippen molar-refractivity contribution in [1.29, 1.82) is 0 Å². The molecule has 0 aliphatic heterocycles. The molecule has 2 rings (SSSR count). The predicted octanol–water partition coefficient (Wildman–Crippen LogP) is 3.52. The highest BCUT2D eigenvalue weighted by Gasteiger charge is 2.10. The van der Waals surface area contributed by atoms with Gasteiger partial charge in [0.05, 0.1) is 20.8 Å². The van der Waals surface area contributed by atoms with Crippen LogP contribution in [0.1, 0.15) is 42.6 Å². The van der Waals surface area contributed by atoms with Gasteiger partial charge in [-0.25, -0.2) is 0 Å².